The molecule has 0 amide bonds. The van der Waals surface area contributed by atoms with Gasteiger partial charge in [0.1, 0.15) is 5.75 Å². The van der Waals surface area contributed by atoms with Crippen LogP contribution in [0.15, 0.2) is 22.7 Å². The van der Waals surface area contributed by atoms with Gasteiger partial charge in [-0.25, -0.2) is 8.42 Å². The van der Waals surface area contributed by atoms with Crippen LogP contribution in [-0.2, 0) is 9.84 Å². The Balaban J connectivity index is 2.34. The quantitative estimate of drug-likeness (QED) is 0.830. The van der Waals surface area contributed by atoms with Crippen molar-refractivity contribution in [2.75, 3.05) is 25.2 Å². The van der Waals surface area contributed by atoms with Crippen LogP contribution in [0.5, 0.6) is 5.75 Å². The Morgan fingerprint density at radius 1 is 1.48 bits per heavy atom. The van der Waals surface area contributed by atoms with Gasteiger partial charge in [-0.2, -0.15) is 0 Å². The third kappa shape index (κ3) is 4.20. The molecule has 1 N–H and O–H groups in total. The number of hydrogen-bond donors (Lipinski definition) is 1. The van der Waals surface area contributed by atoms with E-state index in [0.29, 0.717) is 6.42 Å². The lowest BCUT2D eigenvalue weighted by atomic mass is 9.91. The molecule has 0 spiro atoms. The molecule has 1 heterocycles. The maximum Gasteiger partial charge on any atom is 0.150 e. The molecule has 21 heavy (non-hydrogen) atoms. The molecular formula is C15H22BrNO3S. The average Bonchev–Trinajstić information content (AvgIpc) is 2.80. The molecule has 0 aliphatic carbocycles. The minimum absolute atomic E-state index is 0.00896. The number of ether oxygens (including phenoxy) is 1. The van der Waals surface area contributed by atoms with Crippen molar-refractivity contribution in [1.82, 2.24) is 5.32 Å². The third-order valence-electron chi connectivity index (χ3n) is 3.88. The molecule has 1 saturated heterocycles. The first-order chi connectivity index (χ1) is 9.96. The molecule has 2 unspecified atom stereocenters. The second-order valence-electron chi connectivity index (χ2n) is 5.48. The summed E-state index contributed by atoms with van der Waals surface area (Å²) in [6.45, 7) is 2.96. The van der Waals surface area contributed by atoms with Crippen molar-refractivity contribution in [3.05, 3.63) is 28.2 Å². The van der Waals surface area contributed by atoms with E-state index in [2.05, 4.69) is 28.2 Å². The number of methoxy groups -OCH3 is 1. The van der Waals surface area contributed by atoms with Gasteiger partial charge in [0.2, 0.25) is 0 Å². The SMILES string of the molecule is CCCNC(c1cc(Br)ccc1OC)C1CCS(=O)(=O)C1. The Morgan fingerprint density at radius 3 is 2.81 bits per heavy atom. The first kappa shape index (κ1) is 16.8. The monoisotopic (exact) mass is 375 g/mol. The van der Waals surface area contributed by atoms with Gasteiger partial charge in [0, 0.05) is 16.1 Å². The van der Waals surface area contributed by atoms with Crippen LogP contribution in [0.2, 0.25) is 0 Å². The van der Waals surface area contributed by atoms with Crippen molar-refractivity contribution in [3.8, 4) is 5.75 Å². The minimum atomic E-state index is -2.90. The fourth-order valence-electron chi connectivity index (χ4n) is 2.87. The fraction of sp³-hybridized carbons (Fsp3) is 0.600. The van der Waals surface area contributed by atoms with E-state index in [9.17, 15) is 8.42 Å². The number of halogens is 1. The summed E-state index contributed by atoms with van der Waals surface area (Å²) in [4.78, 5) is 0. The van der Waals surface area contributed by atoms with Crippen molar-refractivity contribution in [2.45, 2.75) is 25.8 Å². The van der Waals surface area contributed by atoms with Crippen molar-refractivity contribution < 1.29 is 13.2 Å². The molecule has 1 aliphatic heterocycles. The summed E-state index contributed by atoms with van der Waals surface area (Å²) in [7, 11) is -1.25. The number of nitrogens with one attached hydrogen (secondary N) is 1. The van der Waals surface area contributed by atoms with Crippen LogP contribution >= 0.6 is 15.9 Å². The second-order valence-corrected chi connectivity index (χ2v) is 8.63. The summed E-state index contributed by atoms with van der Waals surface area (Å²) in [6.07, 6.45) is 1.71. The Morgan fingerprint density at radius 2 is 2.24 bits per heavy atom. The second kappa shape index (κ2) is 7.11. The van der Waals surface area contributed by atoms with E-state index in [0.717, 1.165) is 28.8 Å². The van der Waals surface area contributed by atoms with Gasteiger partial charge >= 0.3 is 0 Å². The molecule has 0 aromatic heterocycles. The third-order valence-corrected chi connectivity index (χ3v) is 6.17. The molecule has 1 fully saturated rings. The minimum Gasteiger partial charge on any atom is -0.496 e. The van der Waals surface area contributed by atoms with Gasteiger partial charge in [0.25, 0.3) is 0 Å². The summed E-state index contributed by atoms with van der Waals surface area (Å²) >= 11 is 3.49. The van der Waals surface area contributed by atoms with E-state index in [1.807, 2.05) is 18.2 Å². The molecule has 1 aromatic rings. The van der Waals surface area contributed by atoms with E-state index in [-0.39, 0.29) is 23.5 Å². The smallest absolute Gasteiger partial charge is 0.150 e. The molecule has 2 rings (SSSR count). The van der Waals surface area contributed by atoms with Gasteiger partial charge < -0.3 is 10.1 Å². The standard InChI is InChI=1S/C15H22BrNO3S/c1-3-7-17-15(11-6-8-21(18,19)10-11)13-9-12(16)4-5-14(13)20-2/h4-5,9,11,15,17H,3,6-8,10H2,1-2H3. The van der Waals surface area contributed by atoms with Crippen molar-refractivity contribution in [3.63, 3.8) is 0 Å². The highest BCUT2D eigenvalue weighted by molar-refractivity contribution is 9.10. The number of rotatable bonds is 6. The lowest BCUT2D eigenvalue weighted by Crippen LogP contribution is -2.30. The van der Waals surface area contributed by atoms with Crippen LogP contribution in [0, 0.1) is 5.92 Å². The van der Waals surface area contributed by atoms with Crippen molar-refractivity contribution in [2.24, 2.45) is 5.92 Å². The van der Waals surface area contributed by atoms with Gasteiger partial charge in [-0.1, -0.05) is 22.9 Å². The first-order valence-corrected chi connectivity index (χ1v) is 9.85. The van der Waals surface area contributed by atoms with E-state index in [1.165, 1.54) is 0 Å². The molecular weight excluding hydrogens is 354 g/mol. The van der Waals surface area contributed by atoms with Crippen LogP contribution in [0.3, 0.4) is 0 Å². The van der Waals surface area contributed by atoms with E-state index >= 15 is 0 Å². The molecule has 0 bridgehead atoms. The summed E-state index contributed by atoms with van der Waals surface area (Å²) in [5.74, 6) is 1.45. The first-order valence-electron chi connectivity index (χ1n) is 7.24. The molecule has 0 saturated carbocycles. The van der Waals surface area contributed by atoms with Gasteiger partial charge in [-0.05, 0) is 43.5 Å². The Kier molecular flexibility index (Phi) is 5.68. The zero-order chi connectivity index (χ0) is 15.5. The van der Waals surface area contributed by atoms with Crippen LogP contribution < -0.4 is 10.1 Å². The fourth-order valence-corrected chi connectivity index (χ4v) is 5.08. The Bertz CT molecular complexity index is 589. The predicted octanol–water partition coefficient (Wildman–Crippen LogP) is 2.93. The van der Waals surface area contributed by atoms with Gasteiger partial charge in [0.15, 0.2) is 9.84 Å². The maximum absolute atomic E-state index is 11.8. The Hall–Kier alpha value is -0.590. The largest absolute Gasteiger partial charge is 0.496 e. The highest BCUT2D eigenvalue weighted by Gasteiger charge is 2.35. The zero-order valence-corrected chi connectivity index (χ0v) is 14.8. The number of hydrogen-bond acceptors (Lipinski definition) is 4. The average molecular weight is 376 g/mol. The van der Waals surface area contributed by atoms with E-state index < -0.39 is 9.84 Å². The molecule has 4 nitrogen and oxygen atoms in total. The normalized spacial score (nSPS) is 22.1. The molecule has 118 valence electrons. The van der Waals surface area contributed by atoms with Crippen molar-refractivity contribution in [1.29, 1.82) is 0 Å². The molecule has 1 aliphatic rings. The van der Waals surface area contributed by atoms with Gasteiger partial charge in [0.05, 0.1) is 18.6 Å². The van der Waals surface area contributed by atoms with Crippen LogP contribution in [0.1, 0.15) is 31.4 Å². The highest BCUT2D eigenvalue weighted by atomic mass is 79.9. The molecule has 2 atom stereocenters. The van der Waals surface area contributed by atoms with Crippen molar-refractivity contribution >= 4 is 25.8 Å². The number of benzene rings is 1. The maximum atomic E-state index is 11.8. The lowest BCUT2D eigenvalue weighted by Gasteiger charge is -2.26. The zero-order valence-electron chi connectivity index (χ0n) is 12.4. The van der Waals surface area contributed by atoms with E-state index in [4.69, 9.17) is 4.74 Å². The molecule has 0 radical (unpaired) electrons. The highest BCUT2D eigenvalue weighted by Crippen LogP contribution is 2.37. The molecule has 1 aromatic carbocycles. The molecule has 6 heteroatoms. The van der Waals surface area contributed by atoms with Crippen LogP contribution in [0.4, 0.5) is 0 Å². The lowest BCUT2D eigenvalue weighted by molar-refractivity contribution is 0.360. The van der Waals surface area contributed by atoms with Gasteiger partial charge in [-0.3, -0.25) is 0 Å². The summed E-state index contributed by atoms with van der Waals surface area (Å²) in [5.41, 5.74) is 1.03. The van der Waals surface area contributed by atoms with Gasteiger partial charge in [-0.15, -0.1) is 0 Å². The summed E-state index contributed by atoms with van der Waals surface area (Å²) in [6, 6.07) is 5.89. The van der Waals surface area contributed by atoms with Crippen LogP contribution in [-0.4, -0.2) is 33.6 Å². The topological polar surface area (TPSA) is 55.4 Å². The predicted molar refractivity (Wildman–Crippen MR) is 88.5 cm³/mol. The Labute approximate surface area is 135 Å². The summed E-state index contributed by atoms with van der Waals surface area (Å²) in [5, 5.41) is 3.50. The summed E-state index contributed by atoms with van der Waals surface area (Å²) < 4.78 is 30.0. The number of sulfone groups is 1. The van der Waals surface area contributed by atoms with Crippen LogP contribution in [0.25, 0.3) is 0 Å². The van der Waals surface area contributed by atoms with E-state index in [1.54, 1.807) is 7.11 Å².